The summed E-state index contributed by atoms with van der Waals surface area (Å²) in [4.78, 5) is 9.35. The Bertz CT molecular complexity index is 1410. The standard InChI is InChI=1S/C27H23N3O/c1-3-24-29(19-10-5-4-6-11-19)22-13-7-8-14-23(22)30(24)25-18(2)15-16-20-21-12-9-17-28-27(21)31-26(20)25/h4-17,24H,3H2,1-2H3. The Morgan fingerprint density at radius 1 is 0.806 bits per heavy atom. The van der Waals surface area contributed by atoms with E-state index in [0.717, 1.165) is 28.5 Å². The normalized spacial score (nSPS) is 15.7. The number of hydrogen-bond donors (Lipinski definition) is 0. The van der Waals surface area contributed by atoms with Crippen molar-refractivity contribution in [2.45, 2.75) is 26.4 Å². The Hall–Kier alpha value is -3.79. The van der Waals surface area contributed by atoms with Gasteiger partial charge in [-0.1, -0.05) is 49.4 Å². The molecule has 1 aliphatic heterocycles. The molecule has 0 spiro atoms. The first-order valence-corrected chi connectivity index (χ1v) is 10.8. The molecule has 152 valence electrons. The summed E-state index contributed by atoms with van der Waals surface area (Å²) in [5.74, 6) is 0. The van der Waals surface area contributed by atoms with Crippen LogP contribution in [0.4, 0.5) is 22.7 Å². The molecule has 4 nitrogen and oxygen atoms in total. The van der Waals surface area contributed by atoms with Crippen molar-refractivity contribution in [2.75, 3.05) is 9.80 Å². The zero-order valence-corrected chi connectivity index (χ0v) is 17.6. The second-order valence-electron chi connectivity index (χ2n) is 8.02. The Morgan fingerprint density at radius 3 is 2.32 bits per heavy atom. The summed E-state index contributed by atoms with van der Waals surface area (Å²) in [6.07, 6.45) is 2.89. The van der Waals surface area contributed by atoms with E-state index in [-0.39, 0.29) is 6.17 Å². The summed E-state index contributed by atoms with van der Waals surface area (Å²) in [7, 11) is 0. The molecule has 0 saturated heterocycles. The molecule has 3 aromatic carbocycles. The Morgan fingerprint density at radius 2 is 1.55 bits per heavy atom. The number of para-hydroxylation sites is 3. The number of nitrogens with zero attached hydrogens (tertiary/aromatic N) is 3. The quantitative estimate of drug-likeness (QED) is 0.315. The second-order valence-corrected chi connectivity index (χ2v) is 8.02. The molecule has 0 amide bonds. The lowest BCUT2D eigenvalue weighted by Crippen LogP contribution is -2.38. The minimum atomic E-state index is 0.144. The number of aryl methyl sites for hydroxylation is 1. The van der Waals surface area contributed by atoms with Gasteiger partial charge in [0, 0.05) is 22.7 Å². The first kappa shape index (κ1) is 18.0. The molecule has 0 fully saturated rings. The van der Waals surface area contributed by atoms with Gasteiger partial charge in [0.05, 0.1) is 17.1 Å². The fourth-order valence-corrected chi connectivity index (χ4v) is 4.90. The van der Waals surface area contributed by atoms with Crippen molar-refractivity contribution >= 4 is 44.8 Å². The average Bonchev–Trinajstić information content (AvgIpc) is 3.35. The summed E-state index contributed by atoms with van der Waals surface area (Å²) < 4.78 is 6.35. The van der Waals surface area contributed by atoms with Gasteiger partial charge in [0.15, 0.2) is 5.58 Å². The topological polar surface area (TPSA) is 32.5 Å². The van der Waals surface area contributed by atoms with E-state index in [9.17, 15) is 0 Å². The molecule has 1 aliphatic rings. The predicted molar refractivity (Wildman–Crippen MR) is 127 cm³/mol. The van der Waals surface area contributed by atoms with Crippen LogP contribution in [0.3, 0.4) is 0 Å². The van der Waals surface area contributed by atoms with Crippen LogP contribution in [0.25, 0.3) is 22.1 Å². The van der Waals surface area contributed by atoms with E-state index in [1.54, 1.807) is 6.20 Å². The number of pyridine rings is 1. The Labute approximate surface area is 181 Å². The van der Waals surface area contributed by atoms with Gasteiger partial charge in [-0.2, -0.15) is 0 Å². The Balaban J connectivity index is 1.64. The zero-order valence-electron chi connectivity index (χ0n) is 17.6. The number of hydrogen-bond acceptors (Lipinski definition) is 4. The van der Waals surface area contributed by atoms with Crippen LogP contribution < -0.4 is 9.80 Å². The van der Waals surface area contributed by atoms with Gasteiger partial charge in [-0.25, -0.2) is 4.98 Å². The number of anilines is 4. The molecule has 0 bridgehead atoms. The van der Waals surface area contributed by atoms with Crippen LogP contribution in [0.15, 0.2) is 89.5 Å². The van der Waals surface area contributed by atoms with Crippen molar-refractivity contribution < 1.29 is 4.42 Å². The summed E-state index contributed by atoms with van der Waals surface area (Å²) in [5, 5.41) is 2.16. The molecule has 6 rings (SSSR count). The lowest BCUT2D eigenvalue weighted by atomic mass is 10.1. The van der Waals surface area contributed by atoms with E-state index in [4.69, 9.17) is 4.42 Å². The Kier molecular flexibility index (Phi) is 4.00. The van der Waals surface area contributed by atoms with Crippen LogP contribution in [-0.2, 0) is 0 Å². The van der Waals surface area contributed by atoms with Crippen molar-refractivity contribution in [3.8, 4) is 0 Å². The van der Waals surface area contributed by atoms with Gasteiger partial charge >= 0.3 is 0 Å². The van der Waals surface area contributed by atoms with Gasteiger partial charge < -0.3 is 14.2 Å². The van der Waals surface area contributed by atoms with Crippen LogP contribution in [0.5, 0.6) is 0 Å². The molecule has 5 aromatic rings. The molecule has 0 saturated carbocycles. The van der Waals surface area contributed by atoms with Crippen LogP contribution in [-0.4, -0.2) is 11.1 Å². The summed E-state index contributed by atoms with van der Waals surface area (Å²) in [6.45, 7) is 4.41. The molecule has 2 aromatic heterocycles. The van der Waals surface area contributed by atoms with Crippen LogP contribution in [0.2, 0.25) is 0 Å². The highest BCUT2D eigenvalue weighted by Crippen LogP contribution is 2.51. The zero-order chi connectivity index (χ0) is 20.9. The van der Waals surface area contributed by atoms with Crippen LogP contribution in [0, 0.1) is 6.92 Å². The molecule has 31 heavy (non-hydrogen) atoms. The van der Waals surface area contributed by atoms with E-state index >= 15 is 0 Å². The van der Waals surface area contributed by atoms with Gasteiger partial charge in [-0.15, -0.1) is 0 Å². The van der Waals surface area contributed by atoms with Crippen LogP contribution >= 0.6 is 0 Å². The van der Waals surface area contributed by atoms with Crippen molar-refractivity contribution in [3.63, 3.8) is 0 Å². The minimum absolute atomic E-state index is 0.144. The maximum Gasteiger partial charge on any atom is 0.227 e. The SMILES string of the molecule is CCC1N(c2ccccc2)c2ccccc2N1c1c(C)ccc2c1oc1ncccc12. The number of benzene rings is 3. The number of furan rings is 1. The average molecular weight is 406 g/mol. The lowest BCUT2D eigenvalue weighted by Gasteiger charge is -2.33. The lowest BCUT2D eigenvalue weighted by molar-refractivity contribution is 0.638. The largest absolute Gasteiger partial charge is 0.435 e. The van der Waals surface area contributed by atoms with Crippen molar-refractivity contribution in [3.05, 3.63) is 90.6 Å². The van der Waals surface area contributed by atoms with E-state index in [1.165, 1.54) is 22.6 Å². The smallest absolute Gasteiger partial charge is 0.227 e. The van der Waals surface area contributed by atoms with Crippen molar-refractivity contribution in [2.24, 2.45) is 0 Å². The molecular formula is C27H23N3O. The van der Waals surface area contributed by atoms with Crippen molar-refractivity contribution in [1.82, 2.24) is 4.98 Å². The van der Waals surface area contributed by atoms with E-state index < -0.39 is 0 Å². The summed E-state index contributed by atoms with van der Waals surface area (Å²) in [6, 6.07) is 27.7. The first-order valence-electron chi connectivity index (χ1n) is 10.8. The third-order valence-electron chi connectivity index (χ3n) is 6.23. The van der Waals surface area contributed by atoms with Gasteiger partial charge in [0.2, 0.25) is 5.71 Å². The number of aromatic nitrogens is 1. The molecule has 4 heteroatoms. The molecular weight excluding hydrogens is 382 g/mol. The van der Waals surface area contributed by atoms with E-state index in [2.05, 4.69) is 101 Å². The molecule has 0 N–H and O–H groups in total. The summed E-state index contributed by atoms with van der Waals surface area (Å²) in [5.41, 5.74) is 7.50. The molecule has 0 aliphatic carbocycles. The maximum absolute atomic E-state index is 6.35. The molecule has 0 radical (unpaired) electrons. The first-order chi connectivity index (χ1) is 15.3. The highest BCUT2D eigenvalue weighted by Gasteiger charge is 2.38. The molecule has 1 atom stereocenters. The highest BCUT2D eigenvalue weighted by molar-refractivity contribution is 6.10. The van der Waals surface area contributed by atoms with Gasteiger partial charge in [-0.05, 0) is 55.3 Å². The molecule has 3 heterocycles. The monoisotopic (exact) mass is 405 g/mol. The third kappa shape index (κ3) is 2.58. The van der Waals surface area contributed by atoms with Gasteiger partial charge in [0.25, 0.3) is 0 Å². The summed E-state index contributed by atoms with van der Waals surface area (Å²) >= 11 is 0. The second kappa shape index (κ2) is 6.88. The minimum Gasteiger partial charge on any atom is -0.435 e. The fourth-order valence-electron chi connectivity index (χ4n) is 4.90. The number of fused-ring (bicyclic) bond motifs is 4. The third-order valence-corrected chi connectivity index (χ3v) is 6.23. The van der Waals surface area contributed by atoms with Crippen LogP contribution in [0.1, 0.15) is 18.9 Å². The van der Waals surface area contributed by atoms with Gasteiger partial charge in [-0.3, -0.25) is 0 Å². The van der Waals surface area contributed by atoms with E-state index in [0.29, 0.717) is 5.71 Å². The van der Waals surface area contributed by atoms with Crippen molar-refractivity contribution in [1.29, 1.82) is 0 Å². The fraction of sp³-hybridized carbons (Fsp3) is 0.148. The van der Waals surface area contributed by atoms with Gasteiger partial charge in [0.1, 0.15) is 6.17 Å². The highest BCUT2D eigenvalue weighted by atomic mass is 16.3. The predicted octanol–water partition coefficient (Wildman–Crippen LogP) is 7.32. The maximum atomic E-state index is 6.35. The number of rotatable bonds is 3. The van der Waals surface area contributed by atoms with E-state index in [1.807, 2.05) is 6.07 Å². The molecule has 1 unspecified atom stereocenters.